The van der Waals surface area contributed by atoms with Crippen molar-refractivity contribution in [1.29, 1.82) is 0 Å². The van der Waals surface area contributed by atoms with Crippen molar-refractivity contribution in [3.63, 3.8) is 0 Å². The first kappa shape index (κ1) is 11.1. The highest BCUT2D eigenvalue weighted by molar-refractivity contribution is 9.10. The van der Waals surface area contributed by atoms with E-state index in [2.05, 4.69) is 26.6 Å². The molecule has 17 heavy (non-hydrogen) atoms. The highest BCUT2D eigenvalue weighted by Gasteiger charge is 2.42. The molecule has 3 nitrogen and oxygen atoms in total. The van der Waals surface area contributed by atoms with Gasteiger partial charge in [-0.3, -0.25) is 4.79 Å². The van der Waals surface area contributed by atoms with E-state index in [0.717, 1.165) is 41.5 Å². The van der Waals surface area contributed by atoms with Crippen LogP contribution in [-0.2, 0) is 4.79 Å². The Morgan fingerprint density at radius 3 is 2.71 bits per heavy atom. The van der Waals surface area contributed by atoms with Crippen LogP contribution in [0, 0.1) is 0 Å². The molecule has 0 saturated heterocycles. The molecule has 3 rings (SSSR count). The lowest BCUT2D eigenvalue weighted by Crippen LogP contribution is -2.53. The molecule has 4 heteroatoms. The third-order valence-corrected chi connectivity index (χ3v) is 4.43. The van der Waals surface area contributed by atoms with Gasteiger partial charge in [0.1, 0.15) is 5.54 Å². The van der Waals surface area contributed by atoms with Gasteiger partial charge in [0.05, 0.1) is 11.4 Å². The first-order valence-electron chi connectivity index (χ1n) is 6.09. The topological polar surface area (TPSA) is 41.1 Å². The fourth-order valence-corrected chi connectivity index (χ4v) is 3.28. The van der Waals surface area contributed by atoms with Crippen molar-refractivity contribution in [1.82, 2.24) is 0 Å². The van der Waals surface area contributed by atoms with Gasteiger partial charge in [-0.15, -0.1) is 0 Å². The lowest BCUT2D eigenvalue weighted by Gasteiger charge is -2.41. The Bertz CT molecular complexity index is 466. The number of rotatable bonds is 0. The molecule has 1 saturated carbocycles. The predicted octanol–water partition coefficient (Wildman–Crippen LogP) is 3.52. The summed E-state index contributed by atoms with van der Waals surface area (Å²) < 4.78 is 0.932. The number of hydrogen-bond donors (Lipinski definition) is 2. The Morgan fingerprint density at radius 1 is 1.18 bits per heavy atom. The van der Waals surface area contributed by atoms with Crippen LogP contribution in [0.2, 0.25) is 0 Å². The molecule has 90 valence electrons. The second-order valence-electron chi connectivity index (χ2n) is 4.88. The molecule has 2 aliphatic rings. The fraction of sp³-hybridized carbons (Fsp3) is 0.462. The van der Waals surface area contributed by atoms with Gasteiger partial charge in [0.25, 0.3) is 0 Å². The molecule has 2 N–H and O–H groups in total. The lowest BCUT2D eigenvalue weighted by molar-refractivity contribution is -0.121. The average Bonchev–Trinajstić information content (AvgIpc) is 2.33. The molecule has 1 amide bonds. The Labute approximate surface area is 109 Å². The number of halogens is 1. The maximum atomic E-state index is 12.3. The number of nitrogens with one attached hydrogen (secondary N) is 2. The second-order valence-corrected chi connectivity index (χ2v) is 5.74. The Kier molecular flexibility index (Phi) is 2.62. The zero-order chi connectivity index (χ0) is 11.9. The number of para-hydroxylation sites is 1. The van der Waals surface area contributed by atoms with Crippen LogP contribution >= 0.6 is 15.9 Å². The van der Waals surface area contributed by atoms with E-state index in [-0.39, 0.29) is 11.4 Å². The van der Waals surface area contributed by atoms with Gasteiger partial charge in [-0.05, 0) is 40.9 Å². The first-order valence-corrected chi connectivity index (χ1v) is 6.89. The van der Waals surface area contributed by atoms with Crippen LogP contribution in [0.3, 0.4) is 0 Å². The molecule has 0 bridgehead atoms. The van der Waals surface area contributed by atoms with Crippen LogP contribution in [0.15, 0.2) is 22.7 Å². The van der Waals surface area contributed by atoms with Gasteiger partial charge in [0, 0.05) is 4.47 Å². The summed E-state index contributed by atoms with van der Waals surface area (Å²) in [5, 5.41) is 6.50. The number of carbonyl (C=O) groups excluding carboxylic acids is 1. The zero-order valence-corrected chi connectivity index (χ0v) is 11.1. The molecule has 0 aromatic heterocycles. The predicted molar refractivity (Wildman–Crippen MR) is 72.2 cm³/mol. The summed E-state index contributed by atoms with van der Waals surface area (Å²) >= 11 is 3.47. The number of carbonyl (C=O) groups is 1. The fourth-order valence-electron chi connectivity index (χ4n) is 2.81. The first-order chi connectivity index (χ1) is 8.21. The van der Waals surface area contributed by atoms with Gasteiger partial charge in [-0.25, -0.2) is 0 Å². The molecular formula is C13H15BrN2O. The summed E-state index contributed by atoms with van der Waals surface area (Å²) in [6.45, 7) is 0. The molecule has 0 atom stereocenters. The highest BCUT2D eigenvalue weighted by atomic mass is 79.9. The molecule has 1 aromatic rings. The summed E-state index contributed by atoms with van der Waals surface area (Å²) in [5.41, 5.74) is 1.53. The van der Waals surface area contributed by atoms with Gasteiger partial charge in [-0.2, -0.15) is 0 Å². The van der Waals surface area contributed by atoms with E-state index in [1.807, 2.05) is 18.2 Å². The van der Waals surface area contributed by atoms with E-state index in [4.69, 9.17) is 0 Å². The number of amides is 1. The minimum Gasteiger partial charge on any atom is -0.369 e. The molecule has 0 unspecified atom stereocenters. The van der Waals surface area contributed by atoms with Gasteiger partial charge < -0.3 is 10.6 Å². The van der Waals surface area contributed by atoms with E-state index < -0.39 is 0 Å². The van der Waals surface area contributed by atoms with Crippen molar-refractivity contribution in [3.8, 4) is 0 Å². The van der Waals surface area contributed by atoms with Gasteiger partial charge in [-0.1, -0.05) is 25.3 Å². The molecular weight excluding hydrogens is 280 g/mol. The Morgan fingerprint density at radius 2 is 1.94 bits per heavy atom. The van der Waals surface area contributed by atoms with Crippen LogP contribution in [0.5, 0.6) is 0 Å². The van der Waals surface area contributed by atoms with Crippen LogP contribution in [0.1, 0.15) is 32.1 Å². The molecule has 1 fully saturated rings. The molecule has 1 heterocycles. The minimum atomic E-state index is -0.369. The van der Waals surface area contributed by atoms with Crippen molar-refractivity contribution in [3.05, 3.63) is 22.7 Å². The minimum absolute atomic E-state index is 0.122. The SMILES string of the molecule is O=C1Nc2c(Br)cccc2NC12CCCCC2. The standard InChI is InChI=1S/C13H15BrN2O/c14-9-5-4-6-10-11(9)15-12(17)13(16-10)7-2-1-3-8-13/h4-6,16H,1-3,7-8H2,(H,15,17). The van der Waals surface area contributed by atoms with Crippen LogP contribution < -0.4 is 10.6 Å². The van der Waals surface area contributed by atoms with Crippen molar-refractivity contribution in [2.75, 3.05) is 10.6 Å². The maximum absolute atomic E-state index is 12.3. The van der Waals surface area contributed by atoms with Gasteiger partial charge in [0.15, 0.2) is 0 Å². The summed E-state index contributed by atoms with van der Waals surface area (Å²) in [5.74, 6) is 0.122. The number of anilines is 2. The third kappa shape index (κ3) is 1.75. The molecule has 1 aliphatic carbocycles. The van der Waals surface area contributed by atoms with E-state index in [1.165, 1.54) is 6.42 Å². The quantitative estimate of drug-likeness (QED) is 0.769. The van der Waals surface area contributed by atoms with Crippen molar-refractivity contribution < 1.29 is 4.79 Å². The monoisotopic (exact) mass is 294 g/mol. The van der Waals surface area contributed by atoms with Crippen LogP contribution in [0.25, 0.3) is 0 Å². The van der Waals surface area contributed by atoms with Crippen LogP contribution in [0.4, 0.5) is 11.4 Å². The lowest BCUT2D eigenvalue weighted by atomic mass is 9.79. The smallest absolute Gasteiger partial charge is 0.250 e. The number of fused-ring (bicyclic) bond motifs is 1. The summed E-state index contributed by atoms with van der Waals surface area (Å²) in [6.07, 6.45) is 5.37. The Hall–Kier alpha value is -1.03. The average molecular weight is 295 g/mol. The summed E-state index contributed by atoms with van der Waals surface area (Å²) in [4.78, 5) is 12.3. The Balaban J connectivity index is 2.00. The maximum Gasteiger partial charge on any atom is 0.250 e. The van der Waals surface area contributed by atoms with E-state index in [9.17, 15) is 4.79 Å². The normalized spacial score (nSPS) is 21.6. The van der Waals surface area contributed by atoms with Crippen molar-refractivity contribution in [2.45, 2.75) is 37.6 Å². The molecule has 1 aromatic carbocycles. The second kappa shape index (κ2) is 4.02. The van der Waals surface area contributed by atoms with Crippen molar-refractivity contribution >= 4 is 33.2 Å². The number of hydrogen-bond acceptors (Lipinski definition) is 2. The zero-order valence-electron chi connectivity index (χ0n) is 9.55. The number of benzene rings is 1. The van der Waals surface area contributed by atoms with Crippen molar-refractivity contribution in [2.24, 2.45) is 0 Å². The molecule has 1 spiro atoms. The molecule has 0 radical (unpaired) electrons. The van der Waals surface area contributed by atoms with E-state index in [1.54, 1.807) is 0 Å². The van der Waals surface area contributed by atoms with Gasteiger partial charge in [0.2, 0.25) is 5.91 Å². The largest absolute Gasteiger partial charge is 0.369 e. The van der Waals surface area contributed by atoms with E-state index >= 15 is 0 Å². The van der Waals surface area contributed by atoms with Gasteiger partial charge >= 0.3 is 0 Å². The summed E-state index contributed by atoms with van der Waals surface area (Å²) in [6, 6.07) is 5.96. The summed E-state index contributed by atoms with van der Waals surface area (Å²) in [7, 11) is 0. The van der Waals surface area contributed by atoms with Crippen LogP contribution in [-0.4, -0.2) is 11.4 Å². The van der Waals surface area contributed by atoms with E-state index in [0.29, 0.717) is 0 Å². The highest BCUT2D eigenvalue weighted by Crippen LogP contribution is 2.41. The molecule has 1 aliphatic heterocycles. The third-order valence-electron chi connectivity index (χ3n) is 3.77.